The van der Waals surface area contributed by atoms with Crippen LogP contribution in [0.4, 0.5) is 0 Å². The fraction of sp³-hybridized carbons (Fsp3) is 0.231. The van der Waals surface area contributed by atoms with E-state index in [1.807, 2.05) is 42.9 Å². The van der Waals surface area contributed by atoms with Crippen molar-refractivity contribution in [3.63, 3.8) is 0 Å². The first-order valence-electron chi connectivity index (χ1n) is 5.42. The van der Waals surface area contributed by atoms with Crippen LogP contribution in [0.15, 0.2) is 42.9 Å². The van der Waals surface area contributed by atoms with Gasteiger partial charge in [0.2, 0.25) is 0 Å². The van der Waals surface area contributed by atoms with Crippen molar-refractivity contribution in [3.05, 3.63) is 59.1 Å². The molecule has 0 spiro atoms. The van der Waals surface area contributed by atoms with E-state index in [1.54, 1.807) is 0 Å². The summed E-state index contributed by atoms with van der Waals surface area (Å²) in [6.07, 6.45) is 5.44. The maximum Gasteiger partial charge on any atom is 0.129 e. The van der Waals surface area contributed by atoms with Gasteiger partial charge in [-0.15, -0.1) is 0 Å². The molecule has 0 radical (unpaired) electrons. The molecule has 0 aliphatic heterocycles. The second-order valence-corrected chi connectivity index (χ2v) is 4.40. The molecule has 0 N–H and O–H groups in total. The Hall–Kier alpha value is -1.45. The Labute approximate surface area is 106 Å². The van der Waals surface area contributed by atoms with Crippen LogP contribution in [0, 0.1) is 0 Å². The Balaban J connectivity index is 1.93. The number of hydrogen-bond acceptors (Lipinski definition) is 3. The molecule has 0 fully saturated rings. The minimum Gasteiger partial charge on any atom is -0.298 e. The molecule has 2 aromatic rings. The normalized spacial score (nSPS) is 10.8. The van der Waals surface area contributed by atoms with Crippen molar-refractivity contribution in [1.29, 1.82) is 0 Å². The van der Waals surface area contributed by atoms with Crippen LogP contribution in [0.1, 0.15) is 11.1 Å². The summed E-state index contributed by atoms with van der Waals surface area (Å²) in [5, 5.41) is 0.533. The van der Waals surface area contributed by atoms with Gasteiger partial charge < -0.3 is 0 Å². The predicted molar refractivity (Wildman–Crippen MR) is 68.7 cm³/mol. The summed E-state index contributed by atoms with van der Waals surface area (Å²) in [7, 11) is 2.08. The summed E-state index contributed by atoms with van der Waals surface area (Å²) in [5.41, 5.74) is 2.41. The molecule has 2 rings (SSSR count). The SMILES string of the molecule is CN(Cc1ccncc1)Cc1ccc(Cl)nc1. The first kappa shape index (κ1) is 12.0. The molecule has 0 aromatic carbocycles. The lowest BCUT2D eigenvalue weighted by Gasteiger charge is -2.16. The zero-order valence-corrected chi connectivity index (χ0v) is 10.4. The molecule has 0 amide bonds. The van der Waals surface area contributed by atoms with Crippen LogP contribution in [0.25, 0.3) is 0 Å². The summed E-state index contributed by atoms with van der Waals surface area (Å²) < 4.78 is 0. The lowest BCUT2D eigenvalue weighted by Crippen LogP contribution is -2.17. The van der Waals surface area contributed by atoms with E-state index in [4.69, 9.17) is 11.6 Å². The fourth-order valence-corrected chi connectivity index (χ4v) is 1.78. The molecule has 0 unspecified atom stereocenters. The van der Waals surface area contributed by atoms with E-state index in [0.717, 1.165) is 18.7 Å². The van der Waals surface area contributed by atoms with Crippen molar-refractivity contribution >= 4 is 11.6 Å². The summed E-state index contributed by atoms with van der Waals surface area (Å²) in [4.78, 5) is 10.3. The molecule has 0 aliphatic rings. The summed E-state index contributed by atoms with van der Waals surface area (Å²) in [6.45, 7) is 1.75. The largest absolute Gasteiger partial charge is 0.298 e. The van der Waals surface area contributed by atoms with Gasteiger partial charge in [0.15, 0.2) is 0 Å². The third-order valence-corrected chi connectivity index (χ3v) is 2.67. The molecule has 2 heterocycles. The predicted octanol–water partition coefficient (Wildman–Crippen LogP) is 2.76. The Bertz CT molecular complexity index is 456. The highest BCUT2D eigenvalue weighted by molar-refractivity contribution is 6.29. The molecule has 0 aliphatic carbocycles. The van der Waals surface area contributed by atoms with Crippen LogP contribution in [-0.2, 0) is 13.1 Å². The van der Waals surface area contributed by atoms with Gasteiger partial charge in [-0.2, -0.15) is 0 Å². The minimum atomic E-state index is 0.533. The van der Waals surface area contributed by atoms with Gasteiger partial charge in [0.25, 0.3) is 0 Å². The molecule has 0 saturated heterocycles. The van der Waals surface area contributed by atoms with Crippen LogP contribution in [0.5, 0.6) is 0 Å². The number of hydrogen-bond donors (Lipinski definition) is 0. The third kappa shape index (κ3) is 3.80. The monoisotopic (exact) mass is 247 g/mol. The van der Waals surface area contributed by atoms with Gasteiger partial charge in [-0.05, 0) is 36.4 Å². The van der Waals surface area contributed by atoms with E-state index in [2.05, 4.69) is 21.9 Å². The highest BCUT2D eigenvalue weighted by Crippen LogP contribution is 2.09. The van der Waals surface area contributed by atoms with E-state index in [0.29, 0.717) is 5.15 Å². The van der Waals surface area contributed by atoms with Crippen molar-refractivity contribution in [2.24, 2.45) is 0 Å². The van der Waals surface area contributed by atoms with E-state index in [1.165, 1.54) is 5.56 Å². The van der Waals surface area contributed by atoms with Crippen LogP contribution >= 0.6 is 11.6 Å². The van der Waals surface area contributed by atoms with Gasteiger partial charge in [0.05, 0.1) is 0 Å². The molecule has 4 heteroatoms. The van der Waals surface area contributed by atoms with Gasteiger partial charge in [-0.3, -0.25) is 9.88 Å². The number of pyridine rings is 2. The van der Waals surface area contributed by atoms with Gasteiger partial charge in [0, 0.05) is 31.7 Å². The van der Waals surface area contributed by atoms with E-state index in [-0.39, 0.29) is 0 Å². The molecule has 0 atom stereocenters. The molecule has 3 nitrogen and oxygen atoms in total. The molecule has 0 saturated carbocycles. The first-order chi connectivity index (χ1) is 8.24. The Kier molecular flexibility index (Phi) is 4.07. The number of halogens is 1. The maximum absolute atomic E-state index is 5.75. The maximum atomic E-state index is 5.75. The van der Waals surface area contributed by atoms with Crippen LogP contribution < -0.4 is 0 Å². The second-order valence-electron chi connectivity index (χ2n) is 4.02. The molecule has 88 valence electrons. The van der Waals surface area contributed by atoms with Crippen molar-refractivity contribution < 1.29 is 0 Å². The van der Waals surface area contributed by atoms with E-state index in [9.17, 15) is 0 Å². The first-order valence-corrected chi connectivity index (χ1v) is 5.80. The minimum absolute atomic E-state index is 0.533. The third-order valence-electron chi connectivity index (χ3n) is 2.44. The van der Waals surface area contributed by atoms with E-state index < -0.39 is 0 Å². The summed E-state index contributed by atoms with van der Waals surface area (Å²) in [5.74, 6) is 0. The molecular formula is C13H14ClN3. The van der Waals surface area contributed by atoms with Gasteiger partial charge in [0.1, 0.15) is 5.15 Å². The van der Waals surface area contributed by atoms with Gasteiger partial charge >= 0.3 is 0 Å². The van der Waals surface area contributed by atoms with Crippen LogP contribution in [-0.4, -0.2) is 21.9 Å². The van der Waals surface area contributed by atoms with E-state index >= 15 is 0 Å². The lowest BCUT2D eigenvalue weighted by atomic mass is 10.2. The van der Waals surface area contributed by atoms with Crippen LogP contribution in [0.2, 0.25) is 5.15 Å². The molecule has 17 heavy (non-hydrogen) atoms. The standard InChI is InChI=1S/C13H14ClN3/c1-17(9-11-4-6-15-7-5-11)10-12-2-3-13(14)16-8-12/h2-8H,9-10H2,1H3. The second kappa shape index (κ2) is 5.75. The highest BCUT2D eigenvalue weighted by atomic mass is 35.5. The van der Waals surface area contributed by atoms with Crippen molar-refractivity contribution in [3.8, 4) is 0 Å². The van der Waals surface area contributed by atoms with Crippen LogP contribution in [0.3, 0.4) is 0 Å². The molecule has 2 aromatic heterocycles. The average molecular weight is 248 g/mol. The smallest absolute Gasteiger partial charge is 0.129 e. The Morgan fingerprint density at radius 2 is 1.76 bits per heavy atom. The highest BCUT2D eigenvalue weighted by Gasteiger charge is 2.02. The molecule has 0 bridgehead atoms. The zero-order chi connectivity index (χ0) is 12.1. The topological polar surface area (TPSA) is 29.0 Å². The lowest BCUT2D eigenvalue weighted by molar-refractivity contribution is 0.318. The van der Waals surface area contributed by atoms with Crippen molar-refractivity contribution in [1.82, 2.24) is 14.9 Å². The fourth-order valence-electron chi connectivity index (χ4n) is 1.67. The van der Waals surface area contributed by atoms with Gasteiger partial charge in [-0.25, -0.2) is 4.98 Å². The Morgan fingerprint density at radius 1 is 1.06 bits per heavy atom. The number of rotatable bonds is 4. The number of nitrogens with zero attached hydrogens (tertiary/aromatic N) is 3. The zero-order valence-electron chi connectivity index (χ0n) is 9.68. The van der Waals surface area contributed by atoms with Crippen molar-refractivity contribution in [2.75, 3.05) is 7.05 Å². The average Bonchev–Trinajstić information content (AvgIpc) is 2.33. The Morgan fingerprint density at radius 3 is 2.41 bits per heavy atom. The molecular weight excluding hydrogens is 234 g/mol. The summed E-state index contributed by atoms with van der Waals surface area (Å²) in [6, 6.07) is 7.86. The number of aromatic nitrogens is 2. The van der Waals surface area contributed by atoms with Gasteiger partial charge in [-0.1, -0.05) is 17.7 Å². The quantitative estimate of drug-likeness (QED) is 0.778. The summed E-state index contributed by atoms with van der Waals surface area (Å²) >= 11 is 5.75. The van der Waals surface area contributed by atoms with Crippen molar-refractivity contribution in [2.45, 2.75) is 13.1 Å².